The average Bonchev–Trinajstić information content (AvgIpc) is 2.63. The van der Waals surface area contributed by atoms with Gasteiger partial charge >= 0.3 is 0 Å². The van der Waals surface area contributed by atoms with Crippen LogP contribution >= 0.6 is 0 Å². The van der Waals surface area contributed by atoms with Crippen molar-refractivity contribution in [3.8, 4) is 0 Å². The summed E-state index contributed by atoms with van der Waals surface area (Å²) in [7, 11) is 0. The van der Waals surface area contributed by atoms with Gasteiger partial charge in [0.2, 0.25) is 0 Å². The number of hydrogen-bond donors (Lipinski definition) is 2. The molecule has 2 N–H and O–H groups in total. The molecule has 0 spiro atoms. The van der Waals surface area contributed by atoms with E-state index in [1.807, 2.05) is 0 Å². The van der Waals surface area contributed by atoms with E-state index in [4.69, 9.17) is 0 Å². The SMILES string of the molecule is CCCC1(CNC2CC2(C)C)CCCN1. The highest BCUT2D eigenvalue weighted by Gasteiger charge is 2.46. The molecule has 0 amide bonds. The van der Waals surface area contributed by atoms with Gasteiger partial charge in [-0.2, -0.15) is 0 Å². The van der Waals surface area contributed by atoms with Gasteiger partial charge in [0.1, 0.15) is 0 Å². The number of rotatable bonds is 5. The van der Waals surface area contributed by atoms with Crippen LogP contribution in [0.5, 0.6) is 0 Å². The molecule has 2 unspecified atom stereocenters. The third kappa shape index (κ3) is 2.54. The molecule has 0 bridgehead atoms. The summed E-state index contributed by atoms with van der Waals surface area (Å²) in [6.07, 6.45) is 6.70. The van der Waals surface area contributed by atoms with Crippen LogP contribution in [0.4, 0.5) is 0 Å². The van der Waals surface area contributed by atoms with Crippen LogP contribution in [0.25, 0.3) is 0 Å². The van der Waals surface area contributed by atoms with Crippen LogP contribution in [0, 0.1) is 5.41 Å². The molecule has 0 aromatic rings. The lowest BCUT2D eigenvalue weighted by Crippen LogP contribution is -2.49. The molecular weight excluding hydrogens is 184 g/mol. The fourth-order valence-corrected chi connectivity index (χ4v) is 2.93. The van der Waals surface area contributed by atoms with Crippen LogP contribution in [0.1, 0.15) is 52.9 Å². The van der Waals surface area contributed by atoms with Crippen molar-refractivity contribution in [3.05, 3.63) is 0 Å². The molecule has 1 heterocycles. The molecular formula is C13H26N2. The first kappa shape index (κ1) is 11.4. The summed E-state index contributed by atoms with van der Waals surface area (Å²) >= 11 is 0. The van der Waals surface area contributed by atoms with E-state index in [0.29, 0.717) is 11.0 Å². The first-order valence-corrected chi connectivity index (χ1v) is 6.56. The lowest BCUT2D eigenvalue weighted by atomic mass is 9.91. The van der Waals surface area contributed by atoms with E-state index in [9.17, 15) is 0 Å². The van der Waals surface area contributed by atoms with Crippen LogP contribution in [-0.4, -0.2) is 24.7 Å². The highest BCUT2D eigenvalue weighted by atomic mass is 15.1. The summed E-state index contributed by atoms with van der Waals surface area (Å²) in [4.78, 5) is 0. The smallest absolute Gasteiger partial charge is 0.0306 e. The van der Waals surface area contributed by atoms with Crippen LogP contribution in [-0.2, 0) is 0 Å². The fourth-order valence-electron chi connectivity index (χ4n) is 2.93. The van der Waals surface area contributed by atoms with Crippen LogP contribution in [0.15, 0.2) is 0 Å². The van der Waals surface area contributed by atoms with Gasteiger partial charge in [0.25, 0.3) is 0 Å². The first-order chi connectivity index (χ1) is 7.08. The van der Waals surface area contributed by atoms with Crippen molar-refractivity contribution < 1.29 is 0 Å². The molecule has 1 aliphatic heterocycles. The molecule has 0 radical (unpaired) electrons. The maximum Gasteiger partial charge on any atom is 0.0306 e. The molecule has 1 aliphatic carbocycles. The van der Waals surface area contributed by atoms with Gasteiger partial charge < -0.3 is 10.6 Å². The van der Waals surface area contributed by atoms with Gasteiger partial charge in [0.05, 0.1) is 0 Å². The molecule has 0 aromatic heterocycles. The van der Waals surface area contributed by atoms with E-state index in [2.05, 4.69) is 31.4 Å². The van der Waals surface area contributed by atoms with Gasteiger partial charge in [-0.25, -0.2) is 0 Å². The molecule has 1 saturated heterocycles. The Bertz CT molecular complexity index is 217. The molecule has 2 atom stereocenters. The zero-order chi connectivity index (χ0) is 10.9. The predicted molar refractivity (Wildman–Crippen MR) is 65.1 cm³/mol. The minimum atomic E-state index is 0.424. The Kier molecular flexibility index (Phi) is 3.09. The molecule has 15 heavy (non-hydrogen) atoms. The molecule has 88 valence electrons. The molecule has 2 nitrogen and oxygen atoms in total. The number of nitrogens with one attached hydrogen (secondary N) is 2. The van der Waals surface area contributed by atoms with E-state index in [1.54, 1.807) is 0 Å². The largest absolute Gasteiger partial charge is 0.312 e. The topological polar surface area (TPSA) is 24.1 Å². The van der Waals surface area contributed by atoms with Crippen molar-refractivity contribution in [2.75, 3.05) is 13.1 Å². The van der Waals surface area contributed by atoms with E-state index >= 15 is 0 Å². The van der Waals surface area contributed by atoms with Crippen molar-refractivity contribution in [1.29, 1.82) is 0 Å². The molecule has 1 saturated carbocycles. The third-order valence-corrected chi connectivity index (χ3v) is 4.26. The molecule has 2 fully saturated rings. The lowest BCUT2D eigenvalue weighted by molar-refractivity contribution is 0.318. The first-order valence-electron chi connectivity index (χ1n) is 6.56. The highest BCUT2D eigenvalue weighted by Crippen LogP contribution is 2.44. The van der Waals surface area contributed by atoms with Crippen molar-refractivity contribution in [2.45, 2.75) is 64.5 Å². The minimum absolute atomic E-state index is 0.424. The summed E-state index contributed by atoms with van der Waals surface area (Å²) < 4.78 is 0. The van der Waals surface area contributed by atoms with Crippen molar-refractivity contribution in [1.82, 2.24) is 10.6 Å². The third-order valence-electron chi connectivity index (χ3n) is 4.26. The Morgan fingerprint density at radius 3 is 2.60 bits per heavy atom. The molecule has 2 aliphatic rings. The zero-order valence-corrected chi connectivity index (χ0v) is 10.5. The van der Waals surface area contributed by atoms with Crippen molar-refractivity contribution >= 4 is 0 Å². The Hall–Kier alpha value is -0.0800. The highest BCUT2D eigenvalue weighted by molar-refractivity contribution is 5.04. The molecule has 2 rings (SSSR count). The second-order valence-corrected chi connectivity index (χ2v) is 6.19. The van der Waals surface area contributed by atoms with Crippen LogP contribution in [0.2, 0.25) is 0 Å². The maximum atomic E-state index is 3.75. The summed E-state index contributed by atoms with van der Waals surface area (Å²) in [5, 5.41) is 7.47. The van der Waals surface area contributed by atoms with Gasteiger partial charge in [0, 0.05) is 18.1 Å². The van der Waals surface area contributed by atoms with E-state index in [0.717, 1.165) is 6.04 Å². The Morgan fingerprint density at radius 2 is 2.13 bits per heavy atom. The second-order valence-electron chi connectivity index (χ2n) is 6.19. The fraction of sp³-hybridized carbons (Fsp3) is 1.00. The van der Waals surface area contributed by atoms with Gasteiger partial charge in [-0.15, -0.1) is 0 Å². The van der Waals surface area contributed by atoms with Gasteiger partial charge in [-0.05, 0) is 37.6 Å². The summed E-state index contributed by atoms with van der Waals surface area (Å²) in [6.45, 7) is 9.41. The monoisotopic (exact) mass is 210 g/mol. The number of hydrogen-bond acceptors (Lipinski definition) is 2. The summed E-state index contributed by atoms with van der Waals surface area (Å²) in [6, 6.07) is 0.772. The average molecular weight is 210 g/mol. The Morgan fingerprint density at radius 1 is 1.40 bits per heavy atom. The zero-order valence-electron chi connectivity index (χ0n) is 10.5. The Labute approximate surface area is 94.2 Å². The quantitative estimate of drug-likeness (QED) is 0.727. The summed E-state index contributed by atoms with van der Waals surface area (Å²) in [5.74, 6) is 0. The van der Waals surface area contributed by atoms with E-state index in [1.165, 1.54) is 45.2 Å². The minimum Gasteiger partial charge on any atom is -0.312 e. The lowest BCUT2D eigenvalue weighted by Gasteiger charge is -2.30. The van der Waals surface area contributed by atoms with E-state index in [-0.39, 0.29) is 0 Å². The second kappa shape index (κ2) is 4.06. The van der Waals surface area contributed by atoms with Gasteiger partial charge in [0.15, 0.2) is 0 Å². The van der Waals surface area contributed by atoms with Gasteiger partial charge in [-0.1, -0.05) is 27.2 Å². The predicted octanol–water partition coefficient (Wildman–Crippen LogP) is 2.30. The Balaban J connectivity index is 1.80. The van der Waals surface area contributed by atoms with Crippen molar-refractivity contribution in [3.63, 3.8) is 0 Å². The molecule has 2 heteroatoms. The van der Waals surface area contributed by atoms with Crippen LogP contribution < -0.4 is 10.6 Å². The maximum absolute atomic E-state index is 3.75. The van der Waals surface area contributed by atoms with Crippen molar-refractivity contribution in [2.24, 2.45) is 5.41 Å². The van der Waals surface area contributed by atoms with E-state index < -0.39 is 0 Å². The normalized spacial score (nSPS) is 38.2. The summed E-state index contributed by atoms with van der Waals surface area (Å²) in [5.41, 5.74) is 0.986. The van der Waals surface area contributed by atoms with Crippen LogP contribution in [0.3, 0.4) is 0 Å². The molecule has 0 aromatic carbocycles. The van der Waals surface area contributed by atoms with Gasteiger partial charge in [-0.3, -0.25) is 0 Å². The standard InChI is InChI=1S/C13H26N2/c1-4-6-13(7-5-8-15-13)10-14-11-9-12(11,2)3/h11,14-15H,4-10H2,1-3H3.